The Labute approximate surface area is 106 Å². The van der Waals surface area contributed by atoms with Crippen molar-refractivity contribution in [2.45, 2.75) is 26.2 Å². The Balaban J connectivity index is 2.33. The van der Waals surface area contributed by atoms with Crippen LogP contribution in [0.2, 0.25) is 0 Å². The first-order chi connectivity index (χ1) is 8.03. The molecule has 0 unspecified atom stereocenters. The van der Waals surface area contributed by atoms with E-state index in [1.54, 1.807) is 0 Å². The Bertz CT molecular complexity index is 390. The fourth-order valence-electron chi connectivity index (χ4n) is 1.41. The molecule has 0 fully saturated rings. The second kappa shape index (κ2) is 7.00. The molecule has 0 aromatic rings. The van der Waals surface area contributed by atoms with Gasteiger partial charge in [0.1, 0.15) is 5.75 Å². The van der Waals surface area contributed by atoms with Crippen molar-refractivity contribution in [3.8, 4) is 0 Å². The Hall–Kier alpha value is -0.560. The van der Waals surface area contributed by atoms with E-state index in [4.69, 9.17) is 0 Å². The highest BCUT2D eigenvalue weighted by molar-refractivity contribution is 8.14. The third kappa shape index (κ3) is 6.07. The average molecular weight is 278 g/mol. The van der Waals surface area contributed by atoms with Gasteiger partial charge in [-0.25, -0.2) is 8.42 Å². The molecular weight excluding hydrogens is 260 g/mol. The number of unbranched alkanes of at least 4 members (excludes halogenated alkanes) is 2. The summed E-state index contributed by atoms with van der Waals surface area (Å²) in [6.07, 6.45) is 2.47. The molecule has 98 valence electrons. The number of rotatable bonds is 6. The molecule has 1 heterocycles. The molecule has 1 rings (SSSR count). The topological polar surface area (TPSA) is 75.6 Å². The lowest BCUT2D eigenvalue weighted by molar-refractivity contribution is -0.117. The van der Waals surface area contributed by atoms with Gasteiger partial charge in [-0.05, 0) is 6.42 Å². The van der Waals surface area contributed by atoms with Gasteiger partial charge in [-0.3, -0.25) is 9.79 Å². The molecule has 7 heteroatoms. The van der Waals surface area contributed by atoms with Gasteiger partial charge >= 0.3 is 0 Å². The molecule has 0 bridgehead atoms. The summed E-state index contributed by atoms with van der Waals surface area (Å²) >= 11 is 1.44. The van der Waals surface area contributed by atoms with E-state index >= 15 is 0 Å². The zero-order valence-electron chi connectivity index (χ0n) is 9.94. The summed E-state index contributed by atoms with van der Waals surface area (Å²) in [5.41, 5.74) is 0. The van der Waals surface area contributed by atoms with Gasteiger partial charge in [0, 0.05) is 5.75 Å². The van der Waals surface area contributed by atoms with Crippen molar-refractivity contribution in [2.75, 3.05) is 23.8 Å². The molecule has 0 aliphatic carbocycles. The summed E-state index contributed by atoms with van der Waals surface area (Å²) in [6.45, 7) is 2.69. The minimum atomic E-state index is -3.27. The van der Waals surface area contributed by atoms with Gasteiger partial charge in [0.05, 0.1) is 12.3 Å². The molecule has 0 aromatic carbocycles. The highest BCUT2D eigenvalue weighted by Crippen LogP contribution is 2.09. The average Bonchev–Trinajstić information content (AvgIpc) is 2.69. The van der Waals surface area contributed by atoms with E-state index in [1.165, 1.54) is 11.8 Å². The quantitative estimate of drug-likeness (QED) is 0.730. The molecule has 0 spiro atoms. The van der Waals surface area contributed by atoms with Gasteiger partial charge < -0.3 is 5.32 Å². The smallest absolute Gasteiger partial charge is 0.241 e. The number of sulfone groups is 1. The molecular formula is C10H18N2O3S2. The van der Waals surface area contributed by atoms with E-state index in [1.807, 2.05) is 6.92 Å². The predicted octanol–water partition coefficient (Wildman–Crippen LogP) is 0.810. The number of amidine groups is 1. The molecule has 1 N–H and O–H groups in total. The summed E-state index contributed by atoms with van der Waals surface area (Å²) in [6, 6.07) is 0. The third-order valence-corrected chi connectivity index (χ3v) is 4.75. The fraction of sp³-hybridized carbons (Fsp3) is 0.800. The lowest BCUT2D eigenvalue weighted by atomic mass is 10.3. The minimum Gasteiger partial charge on any atom is -0.305 e. The van der Waals surface area contributed by atoms with Crippen molar-refractivity contribution >= 4 is 32.7 Å². The summed E-state index contributed by atoms with van der Waals surface area (Å²) in [5.74, 6) is 0.0258. The number of carbonyl (C=O) groups is 1. The number of amides is 1. The Kier molecular flexibility index (Phi) is 5.97. The Morgan fingerprint density at radius 2 is 2.24 bits per heavy atom. The van der Waals surface area contributed by atoms with E-state index in [0.717, 1.165) is 18.6 Å². The lowest BCUT2D eigenvalue weighted by Crippen LogP contribution is -2.33. The molecule has 17 heavy (non-hydrogen) atoms. The first-order valence-electron chi connectivity index (χ1n) is 5.71. The zero-order chi connectivity index (χ0) is 12.7. The molecule has 0 radical (unpaired) electrons. The first-order valence-corrected chi connectivity index (χ1v) is 8.52. The van der Waals surface area contributed by atoms with Crippen LogP contribution >= 0.6 is 11.8 Å². The maximum absolute atomic E-state index is 11.6. The van der Waals surface area contributed by atoms with Crippen LogP contribution in [0.4, 0.5) is 0 Å². The molecule has 1 aliphatic heterocycles. The number of hydrogen-bond donors (Lipinski definition) is 1. The van der Waals surface area contributed by atoms with Crippen LogP contribution in [-0.4, -0.2) is 43.3 Å². The first kappa shape index (κ1) is 14.5. The predicted molar refractivity (Wildman–Crippen MR) is 71.1 cm³/mol. The number of nitrogens with zero attached hydrogens (tertiary/aromatic N) is 1. The van der Waals surface area contributed by atoms with Gasteiger partial charge in [-0.15, -0.1) is 0 Å². The standard InChI is InChI=1S/C10H18N2O3S2/c1-2-3-4-7-17(14,15)8-9(13)12-10-11-5-6-16-10/h2-8H2,1H3,(H,11,12,13). The maximum atomic E-state index is 11.6. The summed E-state index contributed by atoms with van der Waals surface area (Å²) in [5, 5.41) is 3.06. The van der Waals surface area contributed by atoms with Crippen LogP contribution in [0.15, 0.2) is 4.99 Å². The second-order valence-electron chi connectivity index (χ2n) is 3.88. The van der Waals surface area contributed by atoms with Crippen molar-refractivity contribution in [1.82, 2.24) is 5.32 Å². The highest BCUT2D eigenvalue weighted by Gasteiger charge is 2.18. The molecule has 1 aliphatic rings. The molecule has 5 nitrogen and oxygen atoms in total. The SMILES string of the molecule is CCCCCS(=O)(=O)CC(=O)NC1=NCCS1. The minimum absolute atomic E-state index is 0.0911. The van der Waals surface area contributed by atoms with Crippen LogP contribution < -0.4 is 5.32 Å². The highest BCUT2D eigenvalue weighted by atomic mass is 32.2. The molecule has 0 aromatic heterocycles. The van der Waals surface area contributed by atoms with Crippen molar-refractivity contribution in [1.29, 1.82) is 0 Å². The van der Waals surface area contributed by atoms with Crippen LogP contribution in [-0.2, 0) is 14.6 Å². The zero-order valence-corrected chi connectivity index (χ0v) is 11.6. The number of aliphatic imine (C=N–C) groups is 1. The van der Waals surface area contributed by atoms with E-state index in [9.17, 15) is 13.2 Å². The van der Waals surface area contributed by atoms with Crippen molar-refractivity contribution in [3.63, 3.8) is 0 Å². The maximum Gasteiger partial charge on any atom is 0.241 e. The number of nitrogens with one attached hydrogen (secondary N) is 1. The van der Waals surface area contributed by atoms with Crippen LogP contribution in [0.25, 0.3) is 0 Å². The largest absolute Gasteiger partial charge is 0.305 e. The van der Waals surface area contributed by atoms with E-state index in [-0.39, 0.29) is 5.75 Å². The summed E-state index contributed by atoms with van der Waals surface area (Å²) in [4.78, 5) is 15.5. The number of hydrogen-bond acceptors (Lipinski definition) is 5. The summed E-state index contributed by atoms with van der Waals surface area (Å²) in [7, 11) is -3.27. The van der Waals surface area contributed by atoms with Gasteiger partial charge in [-0.1, -0.05) is 31.5 Å². The second-order valence-corrected chi connectivity index (χ2v) is 7.15. The van der Waals surface area contributed by atoms with E-state index in [2.05, 4.69) is 10.3 Å². The monoisotopic (exact) mass is 278 g/mol. The molecule has 1 amide bonds. The molecule has 0 saturated carbocycles. The lowest BCUT2D eigenvalue weighted by Gasteiger charge is -2.05. The third-order valence-electron chi connectivity index (χ3n) is 2.24. The van der Waals surface area contributed by atoms with Crippen molar-refractivity contribution < 1.29 is 13.2 Å². The normalized spacial score (nSPS) is 15.7. The number of thioether (sulfide) groups is 1. The summed E-state index contributed by atoms with van der Waals surface area (Å²) < 4.78 is 23.2. The molecule has 0 atom stereocenters. The van der Waals surface area contributed by atoms with Crippen LogP contribution in [0.5, 0.6) is 0 Å². The fourth-order valence-corrected chi connectivity index (χ4v) is 3.41. The molecule has 0 saturated heterocycles. The van der Waals surface area contributed by atoms with E-state index in [0.29, 0.717) is 18.1 Å². The van der Waals surface area contributed by atoms with Gasteiger partial charge in [0.25, 0.3) is 0 Å². The van der Waals surface area contributed by atoms with Crippen LogP contribution in [0.3, 0.4) is 0 Å². The van der Waals surface area contributed by atoms with Gasteiger partial charge in [0.2, 0.25) is 5.91 Å². The number of carbonyl (C=O) groups excluding carboxylic acids is 1. The van der Waals surface area contributed by atoms with Crippen LogP contribution in [0.1, 0.15) is 26.2 Å². The Morgan fingerprint density at radius 3 is 2.82 bits per heavy atom. The van der Waals surface area contributed by atoms with E-state index < -0.39 is 21.5 Å². The van der Waals surface area contributed by atoms with Gasteiger partial charge in [-0.2, -0.15) is 0 Å². The van der Waals surface area contributed by atoms with Crippen LogP contribution in [0, 0.1) is 0 Å². The van der Waals surface area contributed by atoms with Crippen molar-refractivity contribution in [2.24, 2.45) is 4.99 Å². The van der Waals surface area contributed by atoms with Crippen molar-refractivity contribution in [3.05, 3.63) is 0 Å². The van der Waals surface area contributed by atoms with Gasteiger partial charge in [0.15, 0.2) is 15.0 Å². The Morgan fingerprint density at radius 1 is 1.47 bits per heavy atom.